The first kappa shape index (κ1) is 4.27. The predicted octanol–water partition coefficient (Wildman–Crippen LogP) is 1.71. The van der Waals surface area contributed by atoms with Gasteiger partial charge >= 0.3 is 0 Å². The van der Waals surface area contributed by atoms with Crippen molar-refractivity contribution >= 4 is 27.3 Å². The summed E-state index contributed by atoms with van der Waals surface area (Å²) in [5.74, 6) is 0. The van der Waals surface area contributed by atoms with Gasteiger partial charge < -0.3 is 0 Å². The van der Waals surface area contributed by atoms with Crippen molar-refractivity contribution in [3.8, 4) is 0 Å². The summed E-state index contributed by atoms with van der Waals surface area (Å²) in [5, 5.41) is 0. The van der Waals surface area contributed by atoms with Gasteiger partial charge in [-0.05, 0) is 15.9 Å². The molecule has 3 heteroatoms. The Morgan fingerprint density at radius 1 is 2.00 bits per heavy atom. The molecule has 0 aliphatic rings. The number of hydrogen-bond acceptors (Lipinski definition) is 2. The third-order valence-corrected chi connectivity index (χ3v) is 1.61. The molecule has 0 amide bonds. The maximum atomic E-state index is 3.67. The molecule has 0 aromatic carbocycles. The molecule has 0 spiro atoms. The molecule has 0 saturated heterocycles. The Labute approximate surface area is 48.2 Å². The van der Waals surface area contributed by atoms with Crippen molar-refractivity contribution in [2.24, 2.45) is 0 Å². The van der Waals surface area contributed by atoms with Crippen LogP contribution >= 0.6 is 27.3 Å². The van der Waals surface area contributed by atoms with Crippen molar-refractivity contribution in [1.29, 1.82) is 0 Å². The highest BCUT2D eigenvalue weighted by Gasteiger charge is 1.80. The van der Waals surface area contributed by atoms with Gasteiger partial charge in [-0.2, -0.15) is 0 Å². The Hall–Kier alpha value is 0.110. The molecule has 1 heterocycles. The summed E-state index contributed by atoms with van der Waals surface area (Å²) in [6.45, 7) is 0. The molecule has 1 aromatic heterocycles. The van der Waals surface area contributed by atoms with Crippen LogP contribution < -0.4 is 0 Å². The molecule has 0 atom stereocenters. The Morgan fingerprint density at radius 2 is 2.83 bits per heavy atom. The second-order valence-corrected chi connectivity index (χ2v) is 2.91. The number of nitrogens with zero attached hydrogens (tertiary/aromatic N) is 1. The van der Waals surface area contributed by atoms with E-state index in [2.05, 4.69) is 27.1 Å². The average Bonchev–Trinajstić information content (AvgIpc) is 1.86. The van der Waals surface area contributed by atoms with Crippen LogP contribution in [0.4, 0.5) is 0 Å². The summed E-state index contributed by atoms with van der Waals surface area (Å²) in [7, 11) is 0. The monoisotopic (exact) mass is 162 g/mol. The summed E-state index contributed by atoms with van der Waals surface area (Å²) in [6.07, 6.45) is 2.69. The van der Waals surface area contributed by atoms with E-state index in [1.54, 1.807) is 5.51 Å². The molecule has 0 unspecified atom stereocenters. The van der Waals surface area contributed by atoms with Crippen LogP contribution in [0.3, 0.4) is 0 Å². The molecule has 1 radical (unpaired) electrons. The SMILES string of the molecule is Brc1[c]ncs1. The first-order valence-electron chi connectivity index (χ1n) is 1.36. The topological polar surface area (TPSA) is 12.9 Å². The van der Waals surface area contributed by atoms with Crippen molar-refractivity contribution in [1.82, 2.24) is 4.98 Å². The third-order valence-electron chi connectivity index (χ3n) is 0.361. The Balaban J connectivity index is 3.05. The van der Waals surface area contributed by atoms with Crippen LogP contribution in [-0.4, -0.2) is 4.98 Å². The van der Waals surface area contributed by atoms with Gasteiger partial charge in [0.05, 0.1) is 9.30 Å². The van der Waals surface area contributed by atoms with E-state index in [4.69, 9.17) is 0 Å². The van der Waals surface area contributed by atoms with Gasteiger partial charge in [-0.15, -0.1) is 11.3 Å². The molecule has 0 saturated carbocycles. The van der Waals surface area contributed by atoms with E-state index in [-0.39, 0.29) is 0 Å². The maximum Gasteiger partial charge on any atom is 0.116 e. The minimum atomic E-state index is 0.961. The van der Waals surface area contributed by atoms with Crippen LogP contribution in [0.2, 0.25) is 0 Å². The molecule has 0 aliphatic heterocycles. The van der Waals surface area contributed by atoms with Crippen LogP contribution in [0.15, 0.2) is 9.30 Å². The van der Waals surface area contributed by atoms with E-state index in [1.807, 2.05) is 0 Å². The quantitative estimate of drug-likeness (QED) is 0.567. The van der Waals surface area contributed by atoms with Crippen molar-refractivity contribution in [3.05, 3.63) is 15.5 Å². The van der Waals surface area contributed by atoms with E-state index in [0.29, 0.717) is 0 Å². The fraction of sp³-hybridized carbons (Fsp3) is 0. The van der Waals surface area contributed by atoms with Gasteiger partial charge in [-0.1, -0.05) is 0 Å². The summed E-state index contributed by atoms with van der Waals surface area (Å²) in [4.78, 5) is 3.67. The van der Waals surface area contributed by atoms with Crippen molar-refractivity contribution < 1.29 is 0 Å². The van der Waals surface area contributed by atoms with Gasteiger partial charge in [0.15, 0.2) is 0 Å². The molecular formula is C3HBrNS. The Kier molecular flexibility index (Phi) is 1.22. The highest BCUT2D eigenvalue weighted by molar-refractivity contribution is 9.11. The molecule has 0 bridgehead atoms. The molecular weight excluding hydrogens is 162 g/mol. The predicted molar refractivity (Wildman–Crippen MR) is 28.6 cm³/mol. The molecule has 0 N–H and O–H groups in total. The Morgan fingerprint density at radius 3 is 3.00 bits per heavy atom. The van der Waals surface area contributed by atoms with Crippen LogP contribution in [0.25, 0.3) is 0 Å². The fourth-order valence-corrected chi connectivity index (χ4v) is 0.833. The lowest BCUT2D eigenvalue weighted by Gasteiger charge is -1.58. The largest absolute Gasteiger partial charge is 0.242 e. The number of rotatable bonds is 0. The summed E-state index contributed by atoms with van der Waals surface area (Å²) < 4.78 is 0.961. The van der Waals surface area contributed by atoms with Crippen molar-refractivity contribution in [2.45, 2.75) is 0 Å². The van der Waals surface area contributed by atoms with Gasteiger partial charge in [0, 0.05) is 0 Å². The number of hydrogen-bond donors (Lipinski definition) is 0. The summed E-state index contributed by atoms with van der Waals surface area (Å²) >= 11 is 4.71. The van der Waals surface area contributed by atoms with Crippen LogP contribution in [0.1, 0.15) is 0 Å². The third kappa shape index (κ3) is 0.786. The molecule has 0 aliphatic carbocycles. The maximum absolute atomic E-state index is 3.67. The highest BCUT2D eigenvalue weighted by atomic mass is 79.9. The zero-order valence-corrected chi connectivity index (χ0v) is 5.21. The van der Waals surface area contributed by atoms with E-state index in [0.717, 1.165) is 3.79 Å². The zero-order valence-electron chi connectivity index (χ0n) is 2.81. The van der Waals surface area contributed by atoms with Crippen molar-refractivity contribution in [2.75, 3.05) is 0 Å². The standard InChI is InChI=1S/C3HBrNS/c4-3-1-5-2-6-3/h2H. The average molecular weight is 163 g/mol. The van der Waals surface area contributed by atoms with E-state index < -0.39 is 0 Å². The first-order valence-corrected chi connectivity index (χ1v) is 3.03. The van der Waals surface area contributed by atoms with Gasteiger partial charge in [0.2, 0.25) is 0 Å². The minimum absolute atomic E-state index is 0.961. The minimum Gasteiger partial charge on any atom is -0.242 e. The molecule has 6 heavy (non-hydrogen) atoms. The van der Waals surface area contributed by atoms with Crippen LogP contribution in [-0.2, 0) is 0 Å². The normalized spacial score (nSPS) is 8.83. The molecule has 1 aromatic rings. The van der Waals surface area contributed by atoms with Gasteiger partial charge in [-0.3, -0.25) is 0 Å². The lowest BCUT2D eigenvalue weighted by atomic mass is 11.0. The molecule has 1 rings (SSSR count). The second kappa shape index (κ2) is 1.71. The van der Waals surface area contributed by atoms with Gasteiger partial charge in [0.1, 0.15) is 6.20 Å². The smallest absolute Gasteiger partial charge is 0.116 e. The molecule has 0 fully saturated rings. The van der Waals surface area contributed by atoms with E-state index in [9.17, 15) is 0 Å². The highest BCUT2D eigenvalue weighted by Crippen LogP contribution is 2.11. The zero-order chi connectivity index (χ0) is 4.41. The molecule has 31 valence electrons. The Bertz CT molecular complexity index is 114. The van der Waals surface area contributed by atoms with Crippen LogP contribution in [0.5, 0.6) is 0 Å². The van der Waals surface area contributed by atoms with E-state index in [1.165, 1.54) is 11.3 Å². The van der Waals surface area contributed by atoms with Crippen LogP contribution in [0, 0.1) is 6.20 Å². The van der Waals surface area contributed by atoms with E-state index >= 15 is 0 Å². The first-order chi connectivity index (χ1) is 2.89. The fourth-order valence-electron chi connectivity index (χ4n) is 0.176. The summed E-state index contributed by atoms with van der Waals surface area (Å²) in [6, 6.07) is 0. The lowest BCUT2D eigenvalue weighted by molar-refractivity contribution is 1.40. The number of thiazole rings is 1. The second-order valence-electron chi connectivity index (χ2n) is 0.738. The number of aromatic nitrogens is 1. The molecule has 1 nitrogen and oxygen atoms in total. The van der Waals surface area contributed by atoms with Crippen molar-refractivity contribution in [3.63, 3.8) is 0 Å². The lowest BCUT2D eigenvalue weighted by Crippen LogP contribution is -1.44. The van der Waals surface area contributed by atoms with Gasteiger partial charge in [0.25, 0.3) is 0 Å². The summed E-state index contributed by atoms with van der Waals surface area (Å²) in [5.41, 5.74) is 1.73. The van der Waals surface area contributed by atoms with Gasteiger partial charge in [-0.25, -0.2) is 4.98 Å². The number of halogens is 1.